The highest BCUT2D eigenvalue weighted by Gasteiger charge is 2.14. The zero-order chi connectivity index (χ0) is 15.1. The van der Waals surface area contributed by atoms with Gasteiger partial charge in [-0.2, -0.15) is 0 Å². The zero-order valence-corrected chi connectivity index (χ0v) is 12.0. The quantitative estimate of drug-likeness (QED) is 0.763. The topological polar surface area (TPSA) is 61.4 Å². The lowest BCUT2D eigenvalue weighted by Gasteiger charge is -2.17. The van der Waals surface area contributed by atoms with Crippen LogP contribution >= 0.6 is 0 Å². The summed E-state index contributed by atoms with van der Waals surface area (Å²) in [5.74, 6) is -0.124. The molecule has 0 saturated carbocycles. The van der Waals surface area contributed by atoms with Gasteiger partial charge in [0.25, 0.3) is 0 Å². The third-order valence-electron chi connectivity index (χ3n) is 3.24. The first-order valence-electron chi connectivity index (χ1n) is 6.99. The predicted molar refractivity (Wildman–Crippen MR) is 83.9 cm³/mol. The number of nitrogens with one attached hydrogen (secondary N) is 2. The number of hydrogen-bond donors (Lipinski definition) is 3. The summed E-state index contributed by atoms with van der Waals surface area (Å²) in [5, 5.41) is 15.9. The van der Waals surface area contributed by atoms with Crippen molar-refractivity contribution >= 4 is 11.6 Å². The highest BCUT2D eigenvalue weighted by molar-refractivity contribution is 5.94. The van der Waals surface area contributed by atoms with E-state index in [9.17, 15) is 9.90 Å². The summed E-state index contributed by atoms with van der Waals surface area (Å²) in [6.07, 6.45) is -0.627. The number of rotatable bonds is 6. The van der Waals surface area contributed by atoms with Crippen LogP contribution in [0, 0.1) is 0 Å². The minimum absolute atomic E-state index is 0.124. The molecule has 0 aliphatic rings. The van der Waals surface area contributed by atoms with Crippen LogP contribution in [-0.4, -0.2) is 23.6 Å². The number of amides is 1. The maximum Gasteiger partial charge on any atom is 0.241 e. The van der Waals surface area contributed by atoms with Gasteiger partial charge in [-0.1, -0.05) is 48.5 Å². The number of para-hydroxylation sites is 1. The lowest BCUT2D eigenvalue weighted by atomic mass is 10.1. The van der Waals surface area contributed by atoms with E-state index in [1.54, 1.807) is 6.92 Å². The molecule has 2 aromatic rings. The van der Waals surface area contributed by atoms with Crippen molar-refractivity contribution in [1.82, 2.24) is 5.32 Å². The van der Waals surface area contributed by atoms with Crippen LogP contribution in [0.4, 0.5) is 5.69 Å². The molecule has 0 radical (unpaired) electrons. The Morgan fingerprint density at radius 3 is 2.24 bits per heavy atom. The Morgan fingerprint density at radius 1 is 1.05 bits per heavy atom. The molecule has 0 bridgehead atoms. The summed E-state index contributed by atoms with van der Waals surface area (Å²) in [6.45, 7) is 2.10. The van der Waals surface area contributed by atoms with Gasteiger partial charge in [-0.05, 0) is 24.6 Å². The molecule has 0 aliphatic carbocycles. The Balaban J connectivity index is 1.81. The van der Waals surface area contributed by atoms with E-state index < -0.39 is 6.10 Å². The lowest BCUT2D eigenvalue weighted by Crippen LogP contribution is -2.40. The molecular weight excluding hydrogens is 264 g/mol. The zero-order valence-electron chi connectivity index (χ0n) is 12.0. The summed E-state index contributed by atoms with van der Waals surface area (Å²) < 4.78 is 0. The monoisotopic (exact) mass is 284 g/mol. The minimum atomic E-state index is -0.627. The summed E-state index contributed by atoms with van der Waals surface area (Å²) in [4.78, 5) is 12.0. The van der Waals surface area contributed by atoms with Gasteiger partial charge in [0.2, 0.25) is 5.91 Å². The molecule has 4 nitrogen and oxygen atoms in total. The number of carbonyl (C=O) groups excluding carboxylic acids is 1. The highest BCUT2D eigenvalue weighted by Crippen LogP contribution is 2.11. The van der Waals surface area contributed by atoms with Gasteiger partial charge in [0, 0.05) is 12.2 Å². The van der Waals surface area contributed by atoms with Crippen LogP contribution < -0.4 is 10.6 Å². The highest BCUT2D eigenvalue weighted by atomic mass is 16.3. The van der Waals surface area contributed by atoms with Crippen LogP contribution in [0.2, 0.25) is 0 Å². The van der Waals surface area contributed by atoms with Crippen molar-refractivity contribution < 1.29 is 9.90 Å². The molecule has 0 aromatic heterocycles. The molecule has 0 fully saturated rings. The van der Waals surface area contributed by atoms with E-state index in [1.807, 2.05) is 60.7 Å². The van der Waals surface area contributed by atoms with E-state index in [-0.39, 0.29) is 11.9 Å². The number of benzene rings is 2. The molecule has 0 aliphatic heterocycles. The van der Waals surface area contributed by atoms with Crippen LogP contribution in [0.5, 0.6) is 0 Å². The second-order valence-electron chi connectivity index (χ2n) is 4.91. The number of hydrogen-bond acceptors (Lipinski definition) is 3. The second kappa shape index (κ2) is 7.57. The molecule has 110 valence electrons. The van der Waals surface area contributed by atoms with Gasteiger partial charge in [0.15, 0.2) is 0 Å². The fourth-order valence-electron chi connectivity index (χ4n) is 1.95. The number of aliphatic hydroxyl groups excluding tert-OH is 1. The van der Waals surface area contributed by atoms with E-state index in [0.717, 1.165) is 11.3 Å². The standard InChI is InChI=1S/C17H20N2O2/c1-13(17(21)19-15-10-6-3-7-11-15)18-12-16(20)14-8-4-2-5-9-14/h2-11,13,16,18,20H,12H2,1H3,(H,19,21). The molecule has 2 unspecified atom stereocenters. The van der Waals surface area contributed by atoms with Crippen molar-refractivity contribution in [2.24, 2.45) is 0 Å². The molecule has 2 atom stereocenters. The molecule has 4 heteroatoms. The molecular formula is C17H20N2O2. The Hall–Kier alpha value is -2.17. The largest absolute Gasteiger partial charge is 0.387 e. The molecule has 2 rings (SSSR count). The smallest absolute Gasteiger partial charge is 0.241 e. The van der Waals surface area contributed by atoms with E-state index in [0.29, 0.717) is 6.54 Å². The maximum absolute atomic E-state index is 12.0. The van der Waals surface area contributed by atoms with Gasteiger partial charge in [-0.25, -0.2) is 0 Å². The number of carbonyl (C=O) groups is 1. The predicted octanol–water partition coefficient (Wildman–Crippen LogP) is 2.34. The molecule has 21 heavy (non-hydrogen) atoms. The third kappa shape index (κ3) is 4.70. The van der Waals surface area contributed by atoms with Crippen LogP contribution in [0.15, 0.2) is 60.7 Å². The normalized spacial score (nSPS) is 13.4. The first-order valence-corrected chi connectivity index (χ1v) is 6.99. The van der Waals surface area contributed by atoms with Crippen molar-refractivity contribution in [3.8, 4) is 0 Å². The van der Waals surface area contributed by atoms with Gasteiger partial charge >= 0.3 is 0 Å². The second-order valence-corrected chi connectivity index (χ2v) is 4.91. The van der Waals surface area contributed by atoms with Crippen LogP contribution in [0.1, 0.15) is 18.6 Å². The van der Waals surface area contributed by atoms with Crippen LogP contribution in [0.3, 0.4) is 0 Å². The lowest BCUT2D eigenvalue weighted by molar-refractivity contribution is -0.117. The Labute approximate surface area is 124 Å². The van der Waals surface area contributed by atoms with E-state index in [4.69, 9.17) is 0 Å². The van der Waals surface area contributed by atoms with Crippen molar-refractivity contribution in [2.45, 2.75) is 19.1 Å². The van der Waals surface area contributed by atoms with E-state index in [2.05, 4.69) is 10.6 Å². The molecule has 0 spiro atoms. The van der Waals surface area contributed by atoms with Crippen molar-refractivity contribution in [3.05, 3.63) is 66.2 Å². The molecule has 0 heterocycles. The number of aliphatic hydroxyl groups is 1. The Bertz CT molecular complexity index is 558. The Morgan fingerprint density at radius 2 is 1.62 bits per heavy atom. The minimum Gasteiger partial charge on any atom is -0.387 e. The molecule has 0 saturated heterocycles. The Kier molecular flexibility index (Phi) is 5.49. The van der Waals surface area contributed by atoms with Crippen LogP contribution in [0.25, 0.3) is 0 Å². The molecule has 1 amide bonds. The van der Waals surface area contributed by atoms with Gasteiger partial charge in [0.1, 0.15) is 0 Å². The number of anilines is 1. The van der Waals surface area contributed by atoms with Gasteiger partial charge < -0.3 is 15.7 Å². The van der Waals surface area contributed by atoms with Gasteiger partial charge in [0.05, 0.1) is 12.1 Å². The maximum atomic E-state index is 12.0. The van der Waals surface area contributed by atoms with Crippen molar-refractivity contribution in [3.63, 3.8) is 0 Å². The van der Waals surface area contributed by atoms with Gasteiger partial charge in [-0.15, -0.1) is 0 Å². The van der Waals surface area contributed by atoms with Crippen molar-refractivity contribution in [1.29, 1.82) is 0 Å². The average molecular weight is 284 g/mol. The van der Waals surface area contributed by atoms with E-state index >= 15 is 0 Å². The summed E-state index contributed by atoms with van der Waals surface area (Å²) in [6, 6.07) is 18.3. The SMILES string of the molecule is CC(NCC(O)c1ccccc1)C(=O)Nc1ccccc1. The summed E-state index contributed by atoms with van der Waals surface area (Å²) in [5.41, 5.74) is 1.60. The summed E-state index contributed by atoms with van der Waals surface area (Å²) >= 11 is 0. The van der Waals surface area contributed by atoms with Crippen LogP contribution in [-0.2, 0) is 4.79 Å². The van der Waals surface area contributed by atoms with E-state index in [1.165, 1.54) is 0 Å². The fraction of sp³-hybridized carbons (Fsp3) is 0.235. The molecule has 3 N–H and O–H groups in total. The first-order chi connectivity index (χ1) is 10.2. The average Bonchev–Trinajstić information content (AvgIpc) is 2.54. The first kappa shape index (κ1) is 15.2. The fourth-order valence-corrected chi connectivity index (χ4v) is 1.95. The summed E-state index contributed by atoms with van der Waals surface area (Å²) in [7, 11) is 0. The van der Waals surface area contributed by atoms with Crippen molar-refractivity contribution in [2.75, 3.05) is 11.9 Å². The third-order valence-corrected chi connectivity index (χ3v) is 3.24. The molecule has 2 aromatic carbocycles. The van der Waals surface area contributed by atoms with Gasteiger partial charge in [-0.3, -0.25) is 4.79 Å².